The molecule has 2 heterocycles. The lowest BCUT2D eigenvalue weighted by Crippen LogP contribution is -2.50. The van der Waals surface area contributed by atoms with Crippen LogP contribution in [0.2, 0.25) is 0 Å². The highest BCUT2D eigenvalue weighted by molar-refractivity contribution is 6.05. The summed E-state index contributed by atoms with van der Waals surface area (Å²) in [4.78, 5) is 39.4. The predicted octanol–water partition coefficient (Wildman–Crippen LogP) is 1.15. The van der Waals surface area contributed by atoms with Crippen molar-refractivity contribution in [3.05, 3.63) is 29.3 Å². The first-order valence-electron chi connectivity index (χ1n) is 8.27. The van der Waals surface area contributed by atoms with Crippen LogP contribution in [0.25, 0.3) is 0 Å². The van der Waals surface area contributed by atoms with Crippen LogP contribution in [0.4, 0.5) is 5.69 Å². The summed E-state index contributed by atoms with van der Waals surface area (Å²) in [7, 11) is 0. The van der Waals surface area contributed by atoms with Crippen LogP contribution in [0, 0.1) is 0 Å². The van der Waals surface area contributed by atoms with Crippen LogP contribution in [0.1, 0.15) is 31.9 Å². The van der Waals surface area contributed by atoms with Crippen molar-refractivity contribution in [2.24, 2.45) is 0 Å². The Bertz CT molecular complexity index is 703. The lowest BCUT2D eigenvalue weighted by molar-refractivity contribution is -0.138. The topological polar surface area (TPSA) is 69.7 Å². The Labute approximate surface area is 141 Å². The molecule has 6 nitrogen and oxygen atoms in total. The van der Waals surface area contributed by atoms with Crippen LogP contribution in [0.3, 0.4) is 0 Å². The van der Waals surface area contributed by atoms with Gasteiger partial charge in [-0.25, -0.2) is 0 Å². The number of rotatable bonds is 2. The Morgan fingerprint density at radius 2 is 1.75 bits per heavy atom. The molecule has 0 aliphatic carbocycles. The van der Waals surface area contributed by atoms with Crippen molar-refractivity contribution in [1.82, 2.24) is 9.80 Å². The van der Waals surface area contributed by atoms with Gasteiger partial charge in [-0.05, 0) is 31.0 Å². The van der Waals surface area contributed by atoms with Gasteiger partial charge in [0.2, 0.25) is 17.7 Å². The molecule has 128 valence electrons. The van der Waals surface area contributed by atoms with E-state index in [1.165, 1.54) is 0 Å². The van der Waals surface area contributed by atoms with E-state index in [1.807, 2.05) is 32.0 Å². The molecule has 1 aromatic rings. The third-order valence-corrected chi connectivity index (χ3v) is 5.01. The van der Waals surface area contributed by atoms with Crippen LogP contribution in [-0.2, 0) is 26.2 Å². The normalized spacial score (nSPS) is 19.0. The molecule has 3 rings (SSSR count). The van der Waals surface area contributed by atoms with Crippen molar-refractivity contribution in [2.45, 2.75) is 32.6 Å². The fourth-order valence-corrected chi connectivity index (χ4v) is 3.29. The number of fused-ring (bicyclic) bond motifs is 1. The van der Waals surface area contributed by atoms with Gasteiger partial charge in [-0.2, -0.15) is 0 Å². The molecule has 1 aromatic carbocycles. The number of nitrogens with one attached hydrogen (secondary N) is 1. The van der Waals surface area contributed by atoms with E-state index < -0.39 is 5.41 Å². The number of anilines is 1. The maximum Gasteiger partial charge on any atom is 0.234 e. The van der Waals surface area contributed by atoms with Gasteiger partial charge in [-0.15, -0.1) is 0 Å². The highest BCUT2D eigenvalue weighted by atomic mass is 16.2. The minimum atomic E-state index is -0.568. The number of benzene rings is 1. The first-order chi connectivity index (χ1) is 11.3. The molecule has 6 heteroatoms. The molecule has 1 fully saturated rings. The van der Waals surface area contributed by atoms with E-state index in [4.69, 9.17) is 0 Å². The summed E-state index contributed by atoms with van der Waals surface area (Å²) in [6.45, 7) is 7.68. The van der Waals surface area contributed by atoms with Gasteiger partial charge in [-0.1, -0.05) is 12.1 Å². The van der Waals surface area contributed by atoms with E-state index in [2.05, 4.69) is 5.32 Å². The van der Waals surface area contributed by atoms with Crippen molar-refractivity contribution >= 4 is 23.4 Å². The monoisotopic (exact) mass is 329 g/mol. The van der Waals surface area contributed by atoms with Crippen molar-refractivity contribution < 1.29 is 14.4 Å². The molecule has 0 bridgehead atoms. The zero-order valence-corrected chi connectivity index (χ0v) is 14.4. The quantitative estimate of drug-likeness (QED) is 0.885. The molecule has 1 N–H and O–H groups in total. The van der Waals surface area contributed by atoms with Crippen molar-refractivity contribution in [3.63, 3.8) is 0 Å². The van der Waals surface area contributed by atoms with Crippen LogP contribution in [0.5, 0.6) is 0 Å². The molecule has 2 aliphatic heterocycles. The van der Waals surface area contributed by atoms with Crippen molar-refractivity contribution in [2.75, 3.05) is 31.5 Å². The number of amides is 3. The summed E-state index contributed by atoms with van der Waals surface area (Å²) in [5, 5.41) is 2.88. The van der Waals surface area contributed by atoms with Crippen LogP contribution in [-0.4, -0.2) is 53.7 Å². The zero-order valence-electron chi connectivity index (χ0n) is 14.4. The maximum absolute atomic E-state index is 12.5. The molecule has 0 atom stereocenters. The predicted molar refractivity (Wildman–Crippen MR) is 90.6 cm³/mol. The minimum Gasteiger partial charge on any atom is -0.339 e. The van der Waals surface area contributed by atoms with E-state index >= 15 is 0 Å². The van der Waals surface area contributed by atoms with E-state index in [-0.39, 0.29) is 17.7 Å². The summed E-state index contributed by atoms with van der Waals surface area (Å²) in [5.74, 6) is 0.106. The molecular weight excluding hydrogens is 306 g/mol. The molecule has 3 amide bonds. The Morgan fingerprint density at radius 3 is 2.38 bits per heavy atom. The van der Waals surface area contributed by atoms with E-state index in [1.54, 1.807) is 16.7 Å². The van der Waals surface area contributed by atoms with Crippen molar-refractivity contribution in [1.29, 1.82) is 0 Å². The minimum absolute atomic E-state index is 0.0127. The Morgan fingerprint density at radius 1 is 1.12 bits per heavy atom. The van der Waals surface area contributed by atoms with E-state index in [0.29, 0.717) is 32.6 Å². The number of hydrogen-bond donors (Lipinski definition) is 1. The van der Waals surface area contributed by atoms with Gasteiger partial charge in [0.05, 0.1) is 11.8 Å². The Hall–Kier alpha value is -2.37. The number of hydrogen-bond acceptors (Lipinski definition) is 3. The summed E-state index contributed by atoms with van der Waals surface area (Å²) < 4.78 is 0. The highest BCUT2D eigenvalue weighted by Gasteiger charge is 2.38. The lowest BCUT2D eigenvalue weighted by Gasteiger charge is -2.34. The molecule has 0 radical (unpaired) electrons. The molecule has 0 saturated carbocycles. The number of carbonyl (C=O) groups is 3. The lowest BCUT2D eigenvalue weighted by atomic mass is 9.85. The maximum atomic E-state index is 12.5. The van der Waals surface area contributed by atoms with Gasteiger partial charge >= 0.3 is 0 Å². The Balaban J connectivity index is 1.67. The summed E-state index contributed by atoms with van der Waals surface area (Å²) in [6.07, 6.45) is 0.317. The zero-order chi connectivity index (χ0) is 17.5. The fraction of sp³-hybridized carbons (Fsp3) is 0.500. The van der Waals surface area contributed by atoms with Gasteiger partial charge < -0.3 is 15.1 Å². The Kier molecular flexibility index (Phi) is 4.07. The third kappa shape index (κ3) is 2.88. The molecule has 1 saturated heterocycles. The molecule has 0 unspecified atom stereocenters. The van der Waals surface area contributed by atoms with Crippen LogP contribution >= 0.6 is 0 Å². The SMILES string of the molecule is CC(=O)N1CCN(C(=O)Cc2ccc3c(c2)C(C)(C)C(=O)N3)CC1. The van der Waals surface area contributed by atoms with Gasteiger partial charge in [-0.3, -0.25) is 14.4 Å². The fourth-order valence-electron chi connectivity index (χ4n) is 3.29. The van der Waals surface area contributed by atoms with Crippen LogP contribution < -0.4 is 5.32 Å². The standard InChI is InChI=1S/C18H23N3O3/c1-12(22)20-6-8-21(9-7-20)16(23)11-13-4-5-15-14(10-13)18(2,3)17(24)19-15/h4-5,10H,6-9,11H2,1-3H3,(H,19,24). The second kappa shape index (κ2) is 5.92. The number of piperazine rings is 1. The van der Waals surface area contributed by atoms with Gasteiger partial charge in [0, 0.05) is 38.8 Å². The second-order valence-electron chi connectivity index (χ2n) is 7.02. The third-order valence-electron chi connectivity index (χ3n) is 5.01. The van der Waals surface area contributed by atoms with Crippen molar-refractivity contribution in [3.8, 4) is 0 Å². The smallest absolute Gasteiger partial charge is 0.234 e. The highest BCUT2D eigenvalue weighted by Crippen LogP contribution is 2.37. The average molecular weight is 329 g/mol. The second-order valence-corrected chi connectivity index (χ2v) is 7.02. The van der Waals surface area contributed by atoms with Gasteiger partial charge in [0.1, 0.15) is 0 Å². The van der Waals surface area contributed by atoms with E-state index in [9.17, 15) is 14.4 Å². The molecule has 2 aliphatic rings. The van der Waals surface area contributed by atoms with Gasteiger partial charge in [0.15, 0.2) is 0 Å². The largest absolute Gasteiger partial charge is 0.339 e. The summed E-state index contributed by atoms with van der Waals surface area (Å²) >= 11 is 0. The number of carbonyl (C=O) groups excluding carboxylic acids is 3. The molecule has 24 heavy (non-hydrogen) atoms. The summed E-state index contributed by atoms with van der Waals surface area (Å²) in [5.41, 5.74) is 2.12. The first kappa shape index (κ1) is 16.5. The molecule has 0 aromatic heterocycles. The average Bonchev–Trinajstić information content (AvgIpc) is 2.77. The van der Waals surface area contributed by atoms with Gasteiger partial charge in [0.25, 0.3) is 0 Å². The molecule has 0 spiro atoms. The summed E-state index contributed by atoms with van der Waals surface area (Å²) in [6, 6.07) is 5.72. The van der Waals surface area contributed by atoms with Crippen LogP contribution in [0.15, 0.2) is 18.2 Å². The molecular formula is C18H23N3O3. The van der Waals surface area contributed by atoms with E-state index in [0.717, 1.165) is 16.8 Å². The first-order valence-corrected chi connectivity index (χ1v) is 8.27. The number of nitrogens with zero attached hydrogens (tertiary/aromatic N) is 2.